The molecule has 2 rings (SSSR count). The van der Waals surface area contributed by atoms with Crippen molar-refractivity contribution in [2.45, 2.75) is 13.3 Å². The van der Waals surface area contributed by atoms with Gasteiger partial charge in [0, 0.05) is 24.4 Å². The summed E-state index contributed by atoms with van der Waals surface area (Å²) in [4.78, 5) is 11.5. The number of rotatable bonds is 3. The molecule has 0 saturated carbocycles. The Balaban J connectivity index is 2.57. The van der Waals surface area contributed by atoms with E-state index in [9.17, 15) is 4.79 Å². The Morgan fingerprint density at radius 3 is 3.00 bits per heavy atom. The van der Waals surface area contributed by atoms with Gasteiger partial charge in [0.1, 0.15) is 0 Å². The van der Waals surface area contributed by atoms with Crippen LogP contribution in [0.3, 0.4) is 0 Å². The number of ketones is 1. The maximum atomic E-state index is 11.5. The molecule has 0 aliphatic heterocycles. The van der Waals surface area contributed by atoms with Crippen molar-refractivity contribution in [2.24, 2.45) is 0 Å². The lowest BCUT2D eigenvalue weighted by Gasteiger charge is -1.99. The number of carbonyl (C=O) groups is 1. The molecule has 0 aliphatic rings. The average Bonchev–Trinajstić information content (AvgIpc) is 2.69. The van der Waals surface area contributed by atoms with E-state index >= 15 is 0 Å². The van der Waals surface area contributed by atoms with Crippen LogP contribution in [0.2, 0.25) is 0 Å². The molecule has 2 aromatic rings. The molecule has 4 nitrogen and oxygen atoms in total. The van der Waals surface area contributed by atoms with Gasteiger partial charge < -0.3 is 5.32 Å². The van der Waals surface area contributed by atoms with Crippen LogP contribution in [0.1, 0.15) is 23.7 Å². The number of aromatic amines is 1. The molecule has 4 heteroatoms. The highest BCUT2D eigenvalue weighted by Gasteiger charge is 2.08. The van der Waals surface area contributed by atoms with Gasteiger partial charge in [0.2, 0.25) is 0 Å². The summed E-state index contributed by atoms with van der Waals surface area (Å²) in [5, 5.41) is 10.9. The molecule has 1 aromatic carbocycles. The lowest BCUT2D eigenvalue weighted by molar-refractivity contribution is 0.0988. The summed E-state index contributed by atoms with van der Waals surface area (Å²) in [6.45, 7) is 1.86. The summed E-state index contributed by atoms with van der Waals surface area (Å²) >= 11 is 0. The Labute approximate surface area is 87.7 Å². The second-order valence-electron chi connectivity index (χ2n) is 3.36. The van der Waals surface area contributed by atoms with Crippen molar-refractivity contribution in [2.75, 3.05) is 12.4 Å². The van der Waals surface area contributed by atoms with E-state index < -0.39 is 0 Å². The molecule has 0 unspecified atom stereocenters. The summed E-state index contributed by atoms with van der Waals surface area (Å²) in [6.07, 6.45) is 0.526. The summed E-state index contributed by atoms with van der Waals surface area (Å²) < 4.78 is 0. The maximum absolute atomic E-state index is 11.5. The van der Waals surface area contributed by atoms with Crippen LogP contribution < -0.4 is 5.32 Å². The first kappa shape index (κ1) is 9.71. The quantitative estimate of drug-likeness (QED) is 0.752. The van der Waals surface area contributed by atoms with Gasteiger partial charge in [-0.1, -0.05) is 6.92 Å². The molecular weight excluding hydrogens is 190 g/mol. The number of anilines is 1. The number of H-pyrrole nitrogens is 1. The van der Waals surface area contributed by atoms with E-state index in [1.165, 1.54) is 0 Å². The van der Waals surface area contributed by atoms with Crippen molar-refractivity contribution in [3.8, 4) is 0 Å². The van der Waals surface area contributed by atoms with Gasteiger partial charge in [0.25, 0.3) is 0 Å². The topological polar surface area (TPSA) is 57.8 Å². The number of fused-ring (bicyclic) bond motifs is 1. The third-order valence-corrected chi connectivity index (χ3v) is 2.44. The van der Waals surface area contributed by atoms with Crippen molar-refractivity contribution < 1.29 is 4.79 Å². The molecule has 0 bridgehead atoms. The number of nitrogens with one attached hydrogen (secondary N) is 2. The van der Waals surface area contributed by atoms with E-state index in [1.54, 1.807) is 0 Å². The van der Waals surface area contributed by atoms with Crippen molar-refractivity contribution >= 4 is 22.5 Å². The lowest BCUT2D eigenvalue weighted by atomic mass is 10.1. The van der Waals surface area contributed by atoms with Crippen LogP contribution in [0.15, 0.2) is 18.2 Å². The fraction of sp³-hybridized carbons (Fsp3) is 0.273. The van der Waals surface area contributed by atoms with Crippen LogP contribution in [-0.4, -0.2) is 23.0 Å². The van der Waals surface area contributed by atoms with Crippen molar-refractivity contribution in [1.29, 1.82) is 0 Å². The van der Waals surface area contributed by atoms with Gasteiger partial charge >= 0.3 is 0 Å². The van der Waals surface area contributed by atoms with Crippen molar-refractivity contribution in [3.63, 3.8) is 0 Å². The minimum atomic E-state index is 0.153. The van der Waals surface area contributed by atoms with Crippen LogP contribution in [0, 0.1) is 0 Å². The van der Waals surface area contributed by atoms with E-state index in [0.717, 1.165) is 22.3 Å². The Morgan fingerprint density at radius 1 is 1.53 bits per heavy atom. The van der Waals surface area contributed by atoms with Crippen LogP contribution in [-0.2, 0) is 0 Å². The minimum absolute atomic E-state index is 0.153. The normalized spacial score (nSPS) is 10.5. The number of hydrogen-bond acceptors (Lipinski definition) is 3. The number of hydrogen-bond donors (Lipinski definition) is 2. The summed E-state index contributed by atoms with van der Waals surface area (Å²) in [7, 11) is 1.81. The Bertz CT molecular complexity index is 502. The molecule has 0 atom stereocenters. The first-order valence-electron chi connectivity index (χ1n) is 4.95. The van der Waals surface area contributed by atoms with Gasteiger partial charge in [0.15, 0.2) is 11.6 Å². The van der Waals surface area contributed by atoms with Crippen LogP contribution >= 0.6 is 0 Å². The number of benzene rings is 1. The second-order valence-corrected chi connectivity index (χ2v) is 3.36. The van der Waals surface area contributed by atoms with Crippen molar-refractivity contribution in [3.05, 3.63) is 23.8 Å². The molecule has 2 N–H and O–H groups in total. The van der Waals surface area contributed by atoms with E-state index in [2.05, 4.69) is 15.5 Å². The highest BCUT2D eigenvalue weighted by Crippen LogP contribution is 2.21. The maximum Gasteiger partial charge on any atom is 0.162 e. The number of aromatic nitrogens is 2. The van der Waals surface area contributed by atoms with Gasteiger partial charge in [-0.15, -0.1) is 0 Å². The highest BCUT2D eigenvalue weighted by atomic mass is 16.1. The molecule has 15 heavy (non-hydrogen) atoms. The second kappa shape index (κ2) is 3.73. The van der Waals surface area contributed by atoms with Crippen LogP contribution in [0.25, 0.3) is 10.9 Å². The molecule has 0 aliphatic carbocycles. The zero-order chi connectivity index (χ0) is 10.8. The van der Waals surface area contributed by atoms with E-state index in [-0.39, 0.29) is 5.78 Å². The van der Waals surface area contributed by atoms with Gasteiger partial charge in [-0.3, -0.25) is 9.89 Å². The molecule has 78 valence electrons. The van der Waals surface area contributed by atoms with Gasteiger partial charge in [-0.25, -0.2) is 0 Å². The summed E-state index contributed by atoms with van der Waals surface area (Å²) in [6, 6.07) is 5.58. The third kappa shape index (κ3) is 1.58. The average molecular weight is 203 g/mol. The van der Waals surface area contributed by atoms with Crippen LogP contribution in [0.4, 0.5) is 5.82 Å². The molecule has 0 spiro atoms. The van der Waals surface area contributed by atoms with E-state index in [4.69, 9.17) is 0 Å². The fourth-order valence-corrected chi connectivity index (χ4v) is 1.58. The first-order valence-corrected chi connectivity index (χ1v) is 4.95. The first-order chi connectivity index (χ1) is 7.26. The Hall–Kier alpha value is -1.84. The smallest absolute Gasteiger partial charge is 0.162 e. The zero-order valence-electron chi connectivity index (χ0n) is 8.79. The van der Waals surface area contributed by atoms with Crippen LogP contribution in [0.5, 0.6) is 0 Å². The molecule has 0 fully saturated rings. The third-order valence-electron chi connectivity index (χ3n) is 2.44. The van der Waals surface area contributed by atoms with Gasteiger partial charge in [-0.2, -0.15) is 5.10 Å². The molecule has 0 saturated heterocycles. The van der Waals surface area contributed by atoms with E-state index in [1.807, 2.05) is 32.2 Å². The predicted octanol–water partition coefficient (Wildman–Crippen LogP) is 2.20. The largest absolute Gasteiger partial charge is 0.371 e. The summed E-state index contributed by atoms with van der Waals surface area (Å²) in [5.41, 5.74) is 1.68. The van der Waals surface area contributed by atoms with Gasteiger partial charge in [0.05, 0.1) is 5.52 Å². The highest BCUT2D eigenvalue weighted by molar-refractivity contribution is 6.01. The standard InChI is InChI=1S/C11H13N3O/c1-3-10(15)7-4-5-9-8(6-7)11(12-2)14-13-9/h4-6H,3H2,1-2H3,(H2,12,13,14). The fourth-order valence-electron chi connectivity index (χ4n) is 1.58. The molecule has 1 heterocycles. The molecule has 1 aromatic heterocycles. The SMILES string of the molecule is CCC(=O)c1ccc2[nH]nc(NC)c2c1. The number of Topliss-reactive ketones (excluding diaryl/α,β-unsaturated/α-hetero) is 1. The lowest BCUT2D eigenvalue weighted by Crippen LogP contribution is -1.96. The number of carbonyl (C=O) groups excluding carboxylic acids is 1. The minimum Gasteiger partial charge on any atom is -0.371 e. The summed E-state index contributed by atoms with van der Waals surface area (Å²) in [5.74, 6) is 0.927. The molecular formula is C11H13N3O. The molecule has 0 amide bonds. The number of nitrogens with zero attached hydrogens (tertiary/aromatic N) is 1. The Kier molecular flexibility index (Phi) is 2.41. The van der Waals surface area contributed by atoms with Crippen molar-refractivity contribution in [1.82, 2.24) is 10.2 Å². The zero-order valence-corrected chi connectivity index (χ0v) is 8.79. The van der Waals surface area contributed by atoms with Gasteiger partial charge in [-0.05, 0) is 18.2 Å². The Morgan fingerprint density at radius 2 is 2.33 bits per heavy atom. The monoisotopic (exact) mass is 203 g/mol. The van der Waals surface area contributed by atoms with E-state index in [0.29, 0.717) is 6.42 Å². The predicted molar refractivity (Wildman–Crippen MR) is 60.3 cm³/mol. The molecule has 0 radical (unpaired) electrons.